The topological polar surface area (TPSA) is 103 Å². The number of fused-ring (bicyclic) bond motifs is 1. The zero-order valence-electron chi connectivity index (χ0n) is 17.5. The van der Waals surface area contributed by atoms with E-state index in [1.807, 2.05) is 43.6 Å². The van der Waals surface area contributed by atoms with Crippen molar-refractivity contribution in [3.8, 4) is 11.1 Å². The Labute approximate surface area is 180 Å². The maximum absolute atomic E-state index is 13.4. The molecule has 8 heteroatoms. The highest BCUT2D eigenvalue weighted by atomic mass is 16.1. The normalized spacial score (nSPS) is 16.6. The fourth-order valence-corrected chi connectivity index (χ4v) is 4.33. The average molecular weight is 416 g/mol. The van der Waals surface area contributed by atoms with E-state index in [1.54, 1.807) is 21.6 Å². The highest BCUT2D eigenvalue weighted by Crippen LogP contribution is 2.33. The van der Waals surface area contributed by atoms with Gasteiger partial charge < -0.3 is 11.1 Å². The Kier molecular flexibility index (Phi) is 4.99. The van der Waals surface area contributed by atoms with E-state index in [-0.39, 0.29) is 18.1 Å². The quantitative estimate of drug-likeness (QED) is 0.486. The van der Waals surface area contributed by atoms with E-state index in [9.17, 15) is 4.79 Å². The molecule has 31 heavy (non-hydrogen) atoms. The molecule has 4 heterocycles. The molecule has 8 nitrogen and oxygen atoms in total. The molecule has 4 aromatic rings. The van der Waals surface area contributed by atoms with E-state index < -0.39 is 0 Å². The van der Waals surface area contributed by atoms with E-state index in [1.165, 1.54) is 0 Å². The number of nitrogens with zero attached hydrogens (tertiary/aromatic N) is 5. The third-order valence-electron chi connectivity index (χ3n) is 5.90. The number of Topliss-reactive ketones (excluding diaryl/α,β-unsaturated/α-hetero) is 1. The number of carbonyl (C=O) groups excluding carboxylic acids is 1. The molecule has 1 aliphatic rings. The van der Waals surface area contributed by atoms with Crippen molar-refractivity contribution >= 4 is 17.2 Å². The zero-order chi connectivity index (χ0) is 21.4. The summed E-state index contributed by atoms with van der Waals surface area (Å²) in [5.41, 5.74) is 11.2. The molecule has 1 atom stereocenters. The minimum absolute atomic E-state index is 0.0305. The van der Waals surface area contributed by atoms with Gasteiger partial charge in [-0.15, -0.1) is 0 Å². The monoisotopic (exact) mass is 415 g/mol. The number of aromatic nitrogens is 5. The van der Waals surface area contributed by atoms with Crippen molar-refractivity contribution in [2.75, 3.05) is 18.8 Å². The van der Waals surface area contributed by atoms with Gasteiger partial charge in [0.2, 0.25) is 0 Å². The predicted octanol–water partition coefficient (Wildman–Crippen LogP) is 2.60. The number of nitrogens with two attached hydrogens (primary N) is 1. The maximum atomic E-state index is 13.4. The van der Waals surface area contributed by atoms with Crippen LogP contribution < -0.4 is 11.1 Å². The van der Waals surface area contributed by atoms with Crippen LogP contribution >= 0.6 is 0 Å². The first-order valence-corrected chi connectivity index (χ1v) is 10.6. The Balaban J connectivity index is 1.66. The van der Waals surface area contributed by atoms with Crippen LogP contribution in [0.15, 0.2) is 48.9 Å². The minimum atomic E-state index is -0.0305. The van der Waals surface area contributed by atoms with Gasteiger partial charge in [-0.1, -0.05) is 30.3 Å². The van der Waals surface area contributed by atoms with E-state index in [0.717, 1.165) is 48.3 Å². The van der Waals surface area contributed by atoms with Gasteiger partial charge in [-0.05, 0) is 24.9 Å². The average Bonchev–Trinajstić information content (AvgIpc) is 3.41. The number of carbonyl (C=O) groups is 1. The number of hydrogen-bond acceptors (Lipinski definition) is 6. The van der Waals surface area contributed by atoms with Crippen LogP contribution in [-0.2, 0) is 13.5 Å². The number of ketones is 1. The second-order valence-electron chi connectivity index (χ2n) is 8.08. The van der Waals surface area contributed by atoms with Gasteiger partial charge in [0.05, 0.1) is 23.7 Å². The molecule has 0 saturated carbocycles. The van der Waals surface area contributed by atoms with Gasteiger partial charge in [-0.3, -0.25) is 9.48 Å². The van der Waals surface area contributed by atoms with Crippen LogP contribution in [0.25, 0.3) is 16.8 Å². The molecule has 0 radical (unpaired) electrons. The summed E-state index contributed by atoms with van der Waals surface area (Å²) in [4.78, 5) is 18.4. The number of nitrogens with one attached hydrogen (secondary N) is 1. The van der Waals surface area contributed by atoms with Crippen LogP contribution in [0.4, 0.5) is 5.82 Å². The van der Waals surface area contributed by atoms with Gasteiger partial charge in [-0.2, -0.15) is 14.7 Å². The van der Waals surface area contributed by atoms with Crippen molar-refractivity contribution < 1.29 is 4.79 Å². The van der Waals surface area contributed by atoms with Gasteiger partial charge in [0.15, 0.2) is 11.4 Å². The van der Waals surface area contributed by atoms with Gasteiger partial charge in [0, 0.05) is 43.3 Å². The maximum Gasteiger partial charge on any atom is 0.172 e. The van der Waals surface area contributed by atoms with E-state index >= 15 is 0 Å². The van der Waals surface area contributed by atoms with Gasteiger partial charge >= 0.3 is 0 Å². The predicted molar refractivity (Wildman–Crippen MR) is 119 cm³/mol. The van der Waals surface area contributed by atoms with Crippen LogP contribution in [0.1, 0.15) is 40.4 Å². The third-order valence-corrected chi connectivity index (χ3v) is 5.90. The van der Waals surface area contributed by atoms with Crippen molar-refractivity contribution in [2.24, 2.45) is 7.05 Å². The first-order chi connectivity index (χ1) is 15.1. The third kappa shape index (κ3) is 3.59. The number of rotatable bonds is 5. The lowest BCUT2D eigenvalue weighted by atomic mass is 9.90. The first kappa shape index (κ1) is 19.4. The molecular weight excluding hydrogens is 390 g/mol. The Morgan fingerprint density at radius 3 is 2.77 bits per heavy atom. The minimum Gasteiger partial charge on any atom is -0.383 e. The van der Waals surface area contributed by atoms with Crippen molar-refractivity contribution in [2.45, 2.75) is 25.2 Å². The molecule has 3 N–H and O–H groups in total. The molecule has 0 spiro atoms. The fraction of sp³-hybridized carbons (Fsp3) is 0.304. The fourth-order valence-electron chi connectivity index (χ4n) is 4.33. The number of nitrogen functional groups attached to an aromatic ring is 1. The molecular formula is C23H25N7O. The molecule has 0 bridgehead atoms. The zero-order valence-corrected chi connectivity index (χ0v) is 17.5. The lowest BCUT2D eigenvalue weighted by Gasteiger charge is -2.25. The van der Waals surface area contributed by atoms with Gasteiger partial charge in [-0.25, -0.2) is 4.98 Å². The molecule has 1 aliphatic heterocycles. The molecule has 0 amide bonds. The Hall–Kier alpha value is -3.52. The molecule has 1 saturated heterocycles. The Morgan fingerprint density at radius 1 is 1.23 bits per heavy atom. The largest absolute Gasteiger partial charge is 0.383 e. The Bertz CT molecular complexity index is 1240. The van der Waals surface area contributed by atoms with Crippen LogP contribution in [0.5, 0.6) is 0 Å². The number of aryl methyl sites for hydroxylation is 1. The second-order valence-corrected chi connectivity index (χ2v) is 8.08. The van der Waals surface area contributed by atoms with Crippen LogP contribution in [0.3, 0.4) is 0 Å². The SMILES string of the molecule is Cn1cc(-c2cnn3c(N)c(C(=O)Cc4ccccc4)c(C4CCCNC4)nc23)cn1. The standard InChI is InChI=1S/C23H25N7O/c1-29-14-17(12-26-29)18-13-27-30-22(24)20(19(31)10-15-6-3-2-4-7-15)21(28-23(18)30)16-8-5-9-25-11-16/h2-4,6-7,12-14,16,25H,5,8-11,24H2,1H3. The van der Waals surface area contributed by atoms with Gasteiger partial charge in [0.25, 0.3) is 0 Å². The summed E-state index contributed by atoms with van der Waals surface area (Å²) in [5.74, 6) is 0.450. The molecule has 1 unspecified atom stereocenters. The Morgan fingerprint density at radius 2 is 2.06 bits per heavy atom. The van der Waals surface area contributed by atoms with Crippen molar-refractivity contribution in [3.63, 3.8) is 0 Å². The summed E-state index contributed by atoms with van der Waals surface area (Å²) in [6.07, 6.45) is 7.73. The molecule has 158 valence electrons. The number of hydrogen-bond donors (Lipinski definition) is 2. The number of piperidine rings is 1. The highest BCUT2D eigenvalue weighted by molar-refractivity contribution is 6.03. The summed E-state index contributed by atoms with van der Waals surface area (Å²) in [6, 6.07) is 9.73. The van der Waals surface area contributed by atoms with Gasteiger partial charge in [0.1, 0.15) is 5.82 Å². The van der Waals surface area contributed by atoms with Crippen LogP contribution in [0, 0.1) is 0 Å². The number of anilines is 1. The van der Waals surface area contributed by atoms with E-state index in [2.05, 4.69) is 15.5 Å². The summed E-state index contributed by atoms with van der Waals surface area (Å²) < 4.78 is 3.33. The van der Waals surface area contributed by atoms with E-state index in [0.29, 0.717) is 17.0 Å². The highest BCUT2D eigenvalue weighted by Gasteiger charge is 2.28. The smallest absolute Gasteiger partial charge is 0.172 e. The molecule has 1 aromatic carbocycles. The van der Waals surface area contributed by atoms with Crippen LogP contribution in [0.2, 0.25) is 0 Å². The second kappa shape index (κ2) is 7.96. The summed E-state index contributed by atoms with van der Waals surface area (Å²) in [5, 5.41) is 12.2. The summed E-state index contributed by atoms with van der Waals surface area (Å²) >= 11 is 0. The number of benzene rings is 1. The van der Waals surface area contributed by atoms with Crippen molar-refractivity contribution in [3.05, 3.63) is 65.7 Å². The molecule has 0 aliphatic carbocycles. The lowest BCUT2D eigenvalue weighted by molar-refractivity contribution is 0.0991. The van der Waals surface area contributed by atoms with Crippen molar-refractivity contribution in [1.82, 2.24) is 29.7 Å². The molecule has 5 rings (SSSR count). The summed E-state index contributed by atoms with van der Waals surface area (Å²) in [7, 11) is 1.87. The lowest BCUT2D eigenvalue weighted by Crippen LogP contribution is -2.31. The first-order valence-electron chi connectivity index (χ1n) is 10.6. The molecule has 1 fully saturated rings. The van der Waals surface area contributed by atoms with E-state index in [4.69, 9.17) is 10.7 Å². The van der Waals surface area contributed by atoms with Crippen molar-refractivity contribution in [1.29, 1.82) is 0 Å². The molecule has 3 aromatic heterocycles. The summed E-state index contributed by atoms with van der Waals surface area (Å²) in [6.45, 7) is 1.76. The van der Waals surface area contributed by atoms with Crippen LogP contribution in [-0.4, -0.2) is 43.3 Å².